The molecule has 0 saturated carbocycles. The number of nitrogens with two attached hydrogens (primary N) is 1. The van der Waals surface area contributed by atoms with E-state index in [2.05, 4.69) is 19.9 Å². The van der Waals surface area contributed by atoms with Crippen LogP contribution in [-0.4, -0.2) is 8.96 Å². The van der Waals surface area contributed by atoms with Gasteiger partial charge in [0.25, 0.3) is 0 Å². The molecule has 0 spiro atoms. The normalized spacial score (nSPS) is 15.6. The molecule has 0 fully saturated rings. The second kappa shape index (κ2) is 6.15. The van der Waals surface area contributed by atoms with E-state index in [1.807, 2.05) is 19.9 Å². The number of benzene rings is 1. The Balaban J connectivity index is 2.38. The van der Waals surface area contributed by atoms with Gasteiger partial charge >= 0.3 is 0 Å². The summed E-state index contributed by atoms with van der Waals surface area (Å²) in [5.41, 5.74) is 0. The minimum absolute atomic E-state index is 0.208. The summed E-state index contributed by atoms with van der Waals surface area (Å²) in [6.45, 7) is 8.19. The summed E-state index contributed by atoms with van der Waals surface area (Å²) in [7, 11) is -1.36. The van der Waals surface area contributed by atoms with Crippen LogP contribution in [0.1, 0.15) is 44.9 Å². The van der Waals surface area contributed by atoms with Crippen LogP contribution >= 0.6 is 11.3 Å². The van der Waals surface area contributed by atoms with E-state index in [-0.39, 0.29) is 11.7 Å². The highest BCUT2D eigenvalue weighted by molar-refractivity contribution is 7.84. The van der Waals surface area contributed by atoms with Crippen molar-refractivity contribution in [1.82, 2.24) is 0 Å². The lowest BCUT2D eigenvalue weighted by Crippen LogP contribution is -2.34. The van der Waals surface area contributed by atoms with Crippen molar-refractivity contribution in [3.63, 3.8) is 0 Å². The maximum absolute atomic E-state index is 13.3. The molecule has 1 heterocycles. The van der Waals surface area contributed by atoms with Crippen molar-refractivity contribution in [1.29, 1.82) is 0 Å². The van der Waals surface area contributed by atoms with E-state index in [1.165, 1.54) is 10.9 Å². The molecule has 2 N–H and O–H groups in total. The molecule has 2 nitrogen and oxygen atoms in total. The summed E-state index contributed by atoms with van der Waals surface area (Å²) < 4.78 is 25.6. The first kappa shape index (κ1) is 16.6. The lowest BCUT2D eigenvalue weighted by Gasteiger charge is -2.29. The van der Waals surface area contributed by atoms with Crippen LogP contribution in [0.3, 0.4) is 0 Å². The van der Waals surface area contributed by atoms with E-state index in [0.717, 1.165) is 16.5 Å². The zero-order valence-corrected chi connectivity index (χ0v) is 14.5. The summed E-state index contributed by atoms with van der Waals surface area (Å²) in [4.78, 5) is 1.21. The fourth-order valence-electron chi connectivity index (χ4n) is 2.48. The van der Waals surface area contributed by atoms with Crippen LogP contribution in [0, 0.1) is 11.7 Å². The predicted molar refractivity (Wildman–Crippen MR) is 90.4 cm³/mol. The maximum Gasteiger partial charge on any atom is 0.124 e. The number of hydrogen-bond acceptors (Lipinski definition) is 2. The summed E-state index contributed by atoms with van der Waals surface area (Å²) >= 11 is 1.62. The van der Waals surface area contributed by atoms with Gasteiger partial charge in [0.2, 0.25) is 0 Å². The maximum atomic E-state index is 13.3. The molecule has 2 aromatic rings. The SMILES string of the molecule is CC(C)[C@@H](CC(C)(C)S(N)=O)c1cc2ccc(F)cc2s1. The molecule has 116 valence electrons. The molecule has 1 aromatic carbocycles. The number of fused-ring (bicyclic) bond motifs is 1. The summed E-state index contributed by atoms with van der Waals surface area (Å²) in [6, 6.07) is 7.00. The van der Waals surface area contributed by atoms with Gasteiger partial charge in [0, 0.05) is 9.58 Å². The van der Waals surface area contributed by atoms with E-state index < -0.39 is 15.7 Å². The first-order valence-electron chi connectivity index (χ1n) is 7.06. The first-order chi connectivity index (χ1) is 9.70. The highest BCUT2D eigenvalue weighted by Gasteiger charge is 2.31. The molecule has 21 heavy (non-hydrogen) atoms. The Labute approximate surface area is 132 Å². The van der Waals surface area contributed by atoms with E-state index >= 15 is 0 Å². The summed E-state index contributed by atoms with van der Waals surface area (Å²) in [5.74, 6) is 0.471. The van der Waals surface area contributed by atoms with Crippen molar-refractivity contribution >= 4 is 32.4 Å². The van der Waals surface area contributed by atoms with Gasteiger partial charge in [-0.1, -0.05) is 19.9 Å². The van der Waals surface area contributed by atoms with Gasteiger partial charge in [-0.25, -0.2) is 8.60 Å². The van der Waals surface area contributed by atoms with Crippen LogP contribution in [-0.2, 0) is 11.0 Å². The van der Waals surface area contributed by atoms with Gasteiger partial charge in [0.15, 0.2) is 0 Å². The fraction of sp³-hybridized carbons (Fsp3) is 0.500. The van der Waals surface area contributed by atoms with Crippen molar-refractivity contribution in [3.8, 4) is 0 Å². The van der Waals surface area contributed by atoms with Gasteiger partial charge in [-0.15, -0.1) is 11.3 Å². The van der Waals surface area contributed by atoms with E-state index in [0.29, 0.717) is 5.92 Å². The van der Waals surface area contributed by atoms with Gasteiger partial charge in [-0.05, 0) is 55.7 Å². The third-order valence-electron chi connectivity index (χ3n) is 3.93. The standard InChI is InChI=1S/C16H22FNOS2/c1-10(2)13(9-16(3,4)21(18)19)15-7-11-5-6-12(17)8-14(11)20-15/h5-8,10,13H,9,18H2,1-4H3/t13-,21?/m1/s1. The summed E-state index contributed by atoms with van der Waals surface area (Å²) in [5, 5.41) is 6.68. The van der Waals surface area contributed by atoms with Gasteiger partial charge < -0.3 is 0 Å². The van der Waals surface area contributed by atoms with Gasteiger partial charge in [-0.2, -0.15) is 0 Å². The second-order valence-corrected chi connectivity index (χ2v) is 9.26. The molecular weight excluding hydrogens is 305 g/mol. The highest BCUT2D eigenvalue weighted by Crippen LogP contribution is 2.40. The van der Waals surface area contributed by atoms with Crippen molar-refractivity contribution in [2.24, 2.45) is 11.1 Å². The molecule has 0 aliphatic carbocycles. The van der Waals surface area contributed by atoms with Crippen LogP contribution < -0.4 is 5.14 Å². The van der Waals surface area contributed by atoms with Gasteiger partial charge in [0.1, 0.15) is 5.82 Å². The van der Waals surface area contributed by atoms with Crippen molar-refractivity contribution in [2.75, 3.05) is 0 Å². The molecule has 2 rings (SSSR count). The predicted octanol–water partition coefficient (Wildman–Crippen LogP) is 4.57. The average Bonchev–Trinajstić information content (AvgIpc) is 2.77. The molecule has 1 aromatic heterocycles. The second-order valence-electron chi connectivity index (χ2n) is 6.44. The molecule has 2 atom stereocenters. The van der Waals surface area contributed by atoms with E-state index in [4.69, 9.17) is 5.14 Å². The van der Waals surface area contributed by atoms with Crippen molar-refractivity contribution in [2.45, 2.75) is 44.8 Å². The molecule has 0 amide bonds. The largest absolute Gasteiger partial charge is 0.251 e. The minimum Gasteiger partial charge on any atom is -0.251 e. The van der Waals surface area contributed by atoms with Crippen LogP contribution in [0.5, 0.6) is 0 Å². The Morgan fingerprint density at radius 3 is 2.57 bits per heavy atom. The molecule has 0 aliphatic heterocycles. The zero-order valence-electron chi connectivity index (χ0n) is 12.9. The van der Waals surface area contributed by atoms with Gasteiger partial charge in [-0.3, -0.25) is 5.14 Å². The molecular formula is C16H22FNOS2. The number of hydrogen-bond donors (Lipinski definition) is 1. The minimum atomic E-state index is -1.36. The van der Waals surface area contributed by atoms with Crippen LogP contribution in [0.25, 0.3) is 10.1 Å². The molecule has 0 radical (unpaired) electrons. The first-order valence-corrected chi connectivity index (χ1v) is 9.09. The molecule has 0 bridgehead atoms. The lowest BCUT2D eigenvalue weighted by atomic mass is 9.86. The Hall–Kier alpha value is -0.780. The topological polar surface area (TPSA) is 43.1 Å². The number of thiophene rings is 1. The quantitative estimate of drug-likeness (QED) is 0.859. The van der Waals surface area contributed by atoms with Crippen molar-refractivity contribution < 1.29 is 8.60 Å². The third-order valence-corrected chi connectivity index (χ3v) is 6.41. The molecule has 5 heteroatoms. The van der Waals surface area contributed by atoms with Crippen LogP contribution in [0.4, 0.5) is 4.39 Å². The van der Waals surface area contributed by atoms with Crippen LogP contribution in [0.15, 0.2) is 24.3 Å². The zero-order chi connectivity index (χ0) is 15.8. The fourth-order valence-corrected chi connectivity index (χ4v) is 4.19. The average molecular weight is 327 g/mol. The smallest absolute Gasteiger partial charge is 0.124 e. The number of halogens is 1. The Morgan fingerprint density at radius 1 is 1.33 bits per heavy atom. The molecule has 0 saturated heterocycles. The molecule has 0 aliphatic rings. The van der Waals surface area contributed by atoms with Crippen molar-refractivity contribution in [3.05, 3.63) is 35.0 Å². The number of rotatable bonds is 5. The monoisotopic (exact) mass is 327 g/mol. The Kier molecular flexibility index (Phi) is 4.85. The Morgan fingerprint density at radius 2 is 2.00 bits per heavy atom. The van der Waals surface area contributed by atoms with Crippen LogP contribution in [0.2, 0.25) is 0 Å². The Bertz CT molecular complexity index is 663. The highest BCUT2D eigenvalue weighted by atomic mass is 32.2. The van der Waals surface area contributed by atoms with Gasteiger partial charge in [0.05, 0.1) is 15.7 Å². The third kappa shape index (κ3) is 3.71. The van der Waals surface area contributed by atoms with E-state index in [1.54, 1.807) is 17.4 Å². The lowest BCUT2D eigenvalue weighted by molar-refractivity contribution is 0.427. The van der Waals surface area contributed by atoms with E-state index in [9.17, 15) is 8.60 Å². The molecule has 1 unspecified atom stereocenters. The summed E-state index contributed by atoms with van der Waals surface area (Å²) in [6.07, 6.45) is 0.753.